The minimum absolute atomic E-state index is 0.318. The maximum atomic E-state index is 12.2. The molecule has 8 heteroatoms. The Bertz CT molecular complexity index is 805. The lowest BCUT2D eigenvalue weighted by Crippen LogP contribution is -2.37. The van der Waals surface area contributed by atoms with E-state index in [1.807, 2.05) is 0 Å². The number of halogens is 1. The zero-order chi connectivity index (χ0) is 17.7. The van der Waals surface area contributed by atoms with Crippen LogP contribution >= 0.6 is 15.9 Å². The molecule has 0 saturated carbocycles. The van der Waals surface area contributed by atoms with Crippen LogP contribution in [0, 0.1) is 0 Å². The second kappa shape index (κ2) is 7.67. The molecule has 6 nitrogen and oxygen atoms in total. The SMILES string of the molecule is COc1ccc(N(CC(=O)Nc2ccc(Br)cc2)S(C)(=O)=O)cc1. The first-order valence-corrected chi connectivity index (χ1v) is 9.61. The number of carbonyl (C=O) groups excluding carboxylic acids is 1. The van der Waals surface area contributed by atoms with Crippen molar-refractivity contribution in [3.63, 3.8) is 0 Å². The van der Waals surface area contributed by atoms with Crippen LogP contribution < -0.4 is 14.4 Å². The first-order chi connectivity index (χ1) is 11.3. The fraction of sp³-hybridized carbons (Fsp3) is 0.188. The summed E-state index contributed by atoms with van der Waals surface area (Å²) < 4.78 is 31.0. The molecule has 0 saturated heterocycles. The van der Waals surface area contributed by atoms with Crippen molar-refractivity contribution in [2.75, 3.05) is 29.5 Å². The minimum atomic E-state index is -3.61. The Hall–Kier alpha value is -2.06. The van der Waals surface area contributed by atoms with E-state index in [4.69, 9.17) is 4.74 Å². The Labute approximate surface area is 149 Å². The monoisotopic (exact) mass is 412 g/mol. The lowest BCUT2D eigenvalue weighted by Gasteiger charge is -2.22. The Balaban J connectivity index is 2.16. The number of nitrogens with one attached hydrogen (secondary N) is 1. The van der Waals surface area contributed by atoms with Gasteiger partial charge in [-0.15, -0.1) is 0 Å². The largest absolute Gasteiger partial charge is 0.497 e. The maximum absolute atomic E-state index is 12.2. The summed E-state index contributed by atoms with van der Waals surface area (Å²) in [7, 11) is -2.08. The van der Waals surface area contributed by atoms with E-state index in [0.717, 1.165) is 15.0 Å². The minimum Gasteiger partial charge on any atom is -0.497 e. The van der Waals surface area contributed by atoms with Gasteiger partial charge in [0.25, 0.3) is 0 Å². The van der Waals surface area contributed by atoms with Crippen molar-refractivity contribution in [2.24, 2.45) is 0 Å². The van der Waals surface area contributed by atoms with Gasteiger partial charge in [-0.3, -0.25) is 9.10 Å². The Morgan fingerprint density at radius 2 is 1.71 bits per heavy atom. The molecule has 0 fully saturated rings. The molecule has 0 bridgehead atoms. The van der Waals surface area contributed by atoms with Gasteiger partial charge < -0.3 is 10.1 Å². The van der Waals surface area contributed by atoms with Gasteiger partial charge in [-0.25, -0.2) is 8.42 Å². The average molecular weight is 413 g/mol. The smallest absolute Gasteiger partial charge is 0.245 e. The van der Waals surface area contributed by atoms with Crippen LogP contribution in [0.2, 0.25) is 0 Å². The van der Waals surface area contributed by atoms with Crippen LogP contribution in [-0.4, -0.2) is 34.2 Å². The number of hydrogen-bond donors (Lipinski definition) is 1. The molecule has 0 aliphatic heterocycles. The molecule has 0 atom stereocenters. The molecule has 0 aliphatic carbocycles. The van der Waals surface area contributed by atoms with Gasteiger partial charge in [-0.1, -0.05) is 15.9 Å². The Morgan fingerprint density at radius 1 is 1.12 bits per heavy atom. The van der Waals surface area contributed by atoms with Gasteiger partial charge in [-0.05, 0) is 48.5 Å². The normalized spacial score (nSPS) is 11.0. The molecule has 0 aromatic heterocycles. The summed E-state index contributed by atoms with van der Waals surface area (Å²) in [6.07, 6.45) is 1.06. The highest BCUT2D eigenvalue weighted by Crippen LogP contribution is 2.21. The first-order valence-electron chi connectivity index (χ1n) is 6.97. The second-order valence-corrected chi connectivity index (χ2v) is 7.85. The first kappa shape index (κ1) is 18.3. The number of carbonyl (C=O) groups is 1. The van der Waals surface area contributed by atoms with E-state index in [1.165, 1.54) is 7.11 Å². The lowest BCUT2D eigenvalue weighted by atomic mass is 10.3. The third-order valence-electron chi connectivity index (χ3n) is 3.18. The van der Waals surface area contributed by atoms with E-state index in [0.29, 0.717) is 17.1 Å². The average Bonchev–Trinajstić information content (AvgIpc) is 2.54. The predicted octanol–water partition coefficient (Wildman–Crippen LogP) is 2.86. The summed E-state index contributed by atoms with van der Waals surface area (Å²) in [4.78, 5) is 12.2. The molecular weight excluding hydrogens is 396 g/mol. The van der Waals surface area contributed by atoms with E-state index < -0.39 is 15.9 Å². The summed E-state index contributed by atoms with van der Waals surface area (Å²) in [5.74, 6) is 0.171. The van der Waals surface area contributed by atoms with Crippen molar-refractivity contribution in [1.29, 1.82) is 0 Å². The van der Waals surface area contributed by atoms with Crippen molar-refractivity contribution in [3.8, 4) is 5.75 Å². The number of amides is 1. The molecule has 2 aromatic carbocycles. The molecule has 0 unspecified atom stereocenters. The van der Waals surface area contributed by atoms with Gasteiger partial charge in [-0.2, -0.15) is 0 Å². The highest BCUT2D eigenvalue weighted by atomic mass is 79.9. The van der Waals surface area contributed by atoms with E-state index in [-0.39, 0.29) is 6.54 Å². The summed E-state index contributed by atoms with van der Waals surface area (Å²) >= 11 is 3.31. The molecule has 2 aromatic rings. The number of anilines is 2. The summed E-state index contributed by atoms with van der Waals surface area (Å²) in [6.45, 7) is -0.318. The third-order valence-corrected chi connectivity index (χ3v) is 4.85. The molecule has 128 valence electrons. The van der Waals surface area contributed by atoms with Gasteiger partial charge in [0.05, 0.1) is 19.1 Å². The number of hydrogen-bond acceptors (Lipinski definition) is 4. The van der Waals surface area contributed by atoms with Crippen molar-refractivity contribution in [3.05, 3.63) is 53.0 Å². The van der Waals surface area contributed by atoms with Crippen LogP contribution in [0.5, 0.6) is 5.75 Å². The fourth-order valence-electron chi connectivity index (χ4n) is 2.01. The van der Waals surface area contributed by atoms with Crippen LogP contribution in [-0.2, 0) is 14.8 Å². The molecule has 1 N–H and O–H groups in total. The van der Waals surface area contributed by atoms with Gasteiger partial charge in [0.15, 0.2) is 0 Å². The number of ether oxygens (including phenoxy) is 1. The molecule has 0 spiro atoms. The van der Waals surface area contributed by atoms with E-state index >= 15 is 0 Å². The van der Waals surface area contributed by atoms with Crippen molar-refractivity contribution in [1.82, 2.24) is 0 Å². The molecule has 2 rings (SSSR count). The molecule has 0 radical (unpaired) electrons. The third kappa shape index (κ3) is 4.97. The molecule has 0 heterocycles. The second-order valence-electron chi connectivity index (χ2n) is 5.02. The number of nitrogens with zero attached hydrogens (tertiary/aromatic N) is 1. The Kier molecular flexibility index (Phi) is 5.84. The number of rotatable bonds is 6. The summed E-state index contributed by atoms with van der Waals surface area (Å²) in [6, 6.07) is 13.5. The van der Waals surface area contributed by atoms with Crippen molar-refractivity contribution in [2.45, 2.75) is 0 Å². The molecule has 1 amide bonds. The number of sulfonamides is 1. The van der Waals surface area contributed by atoms with E-state index in [9.17, 15) is 13.2 Å². The van der Waals surface area contributed by atoms with Crippen molar-refractivity contribution < 1.29 is 17.9 Å². The fourth-order valence-corrected chi connectivity index (χ4v) is 3.13. The lowest BCUT2D eigenvalue weighted by molar-refractivity contribution is -0.114. The van der Waals surface area contributed by atoms with Crippen LogP contribution in [0.25, 0.3) is 0 Å². The van der Waals surface area contributed by atoms with E-state index in [2.05, 4.69) is 21.2 Å². The van der Waals surface area contributed by atoms with Gasteiger partial charge in [0.2, 0.25) is 15.9 Å². The number of methoxy groups -OCH3 is 1. The topological polar surface area (TPSA) is 75.7 Å². The standard InChI is InChI=1S/C16H17BrN2O4S/c1-23-15-9-7-14(8-10-15)19(24(2,21)22)11-16(20)18-13-5-3-12(17)4-6-13/h3-10H,11H2,1-2H3,(H,18,20). The summed E-state index contributed by atoms with van der Waals surface area (Å²) in [5, 5.41) is 2.67. The van der Waals surface area contributed by atoms with Crippen molar-refractivity contribution >= 4 is 43.2 Å². The highest BCUT2D eigenvalue weighted by Gasteiger charge is 2.21. The summed E-state index contributed by atoms with van der Waals surface area (Å²) in [5.41, 5.74) is 0.982. The maximum Gasteiger partial charge on any atom is 0.245 e. The van der Waals surface area contributed by atoms with Gasteiger partial charge >= 0.3 is 0 Å². The predicted molar refractivity (Wildman–Crippen MR) is 98.0 cm³/mol. The van der Waals surface area contributed by atoms with Crippen LogP contribution in [0.15, 0.2) is 53.0 Å². The zero-order valence-electron chi connectivity index (χ0n) is 13.2. The van der Waals surface area contributed by atoms with Gasteiger partial charge in [0, 0.05) is 10.2 Å². The quantitative estimate of drug-likeness (QED) is 0.791. The molecular formula is C16H17BrN2O4S. The van der Waals surface area contributed by atoms with Crippen LogP contribution in [0.4, 0.5) is 11.4 Å². The Morgan fingerprint density at radius 3 is 2.21 bits per heavy atom. The highest BCUT2D eigenvalue weighted by molar-refractivity contribution is 9.10. The van der Waals surface area contributed by atoms with Gasteiger partial charge in [0.1, 0.15) is 12.3 Å². The van der Waals surface area contributed by atoms with E-state index in [1.54, 1.807) is 48.5 Å². The molecule has 24 heavy (non-hydrogen) atoms. The molecule has 0 aliphatic rings. The van der Waals surface area contributed by atoms with Crippen LogP contribution in [0.1, 0.15) is 0 Å². The van der Waals surface area contributed by atoms with Crippen LogP contribution in [0.3, 0.4) is 0 Å². The number of benzene rings is 2. The zero-order valence-corrected chi connectivity index (χ0v) is 15.6.